The van der Waals surface area contributed by atoms with Crippen molar-refractivity contribution in [3.05, 3.63) is 0 Å². The highest BCUT2D eigenvalue weighted by Crippen LogP contribution is 2.36. The van der Waals surface area contributed by atoms with Gasteiger partial charge in [0.1, 0.15) is 23.9 Å². The lowest BCUT2D eigenvalue weighted by molar-refractivity contribution is -0.153. The van der Waals surface area contributed by atoms with Crippen LogP contribution < -0.4 is 0 Å². The Balaban J connectivity index is 2.19. The van der Waals surface area contributed by atoms with Gasteiger partial charge in [0, 0.05) is 0 Å². The van der Waals surface area contributed by atoms with E-state index in [4.69, 9.17) is 14.2 Å². The third-order valence-electron chi connectivity index (χ3n) is 3.52. The standard InChI is InChI=1S/C14H25NO6/c1-13(2,3)21-12(18)15-6-9(17)11-10(8(15)7-16)19-14(4,5)20-11/h8-11,16-17H,6-7H2,1-5H3/t8-,9-,10+,11+/m0/s1. The molecule has 2 fully saturated rings. The van der Waals surface area contributed by atoms with Crippen LogP contribution in [0.3, 0.4) is 0 Å². The van der Waals surface area contributed by atoms with Crippen LogP contribution in [0.25, 0.3) is 0 Å². The maximum Gasteiger partial charge on any atom is 0.410 e. The molecule has 7 heteroatoms. The molecule has 2 aliphatic rings. The number of hydrogen-bond acceptors (Lipinski definition) is 6. The summed E-state index contributed by atoms with van der Waals surface area (Å²) in [6.07, 6.45) is -2.60. The van der Waals surface area contributed by atoms with Crippen LogP contribution in [0.2, 0.25) is 0 Å². The molecule has 2 N–H and O–H groups in total. The molecule has 0 radical (unpaired) electrons. The number of hydrogen-bond donors (Lipinski definition) is 2. The fourth-order valence-electron chi connectivity index (χ4n) is 2.76. The van der Waals surface area contributed by atoms with Gasteiger partial charge in [0.05, 0.1) is 19.2 Å². The van der Waals surface area contributed by atoms with Crippen molar-refractivity contribution in [2.45, 2.75) is 70.4 Å². The number of aliphatic hydroxyl groups is 2. The van der Waals surface area contributed by atoms with E-state index in [1.165, 1.54) is 4.90 Å². The summed E-state index contributed by atoms with van der Waals surface area (Å²) in [6, 6.07) is -0.602. The van der Waals surface area contributed by atoms with Crippen LogP contribution in [0, 0.1) is 0 Å². The largest absolute Gasteiger partial charge is 0.444 e. The predicted molar refractivity (Wildman–Crippen MR) is 73.6 cm³/mol. The number of β-amino-alcohol motifs (C(OH)–C–C–N with tert-alkyl or cyclic N) is 1. The van der Waals surface area contributed by atoms with E-state index in [-0.39, 0.29) is 13.2 Å². The topological polar surface area (TPSA) is 88.5 Å². The van der Waals surface area contributed by atoms with E-state index in [1.54, 1.807) is 34.6 Å². The molecular formula is C14H25NO6. The Morgan fingerprint density at radius 1 is 1.33 bits per heavy atom. The fraction of sp³-hybridized carbons (Fsp3) is 0.929. The van der Waals surface area contributed by atoms with E-state index in [0.29, 0.717) is 0 Å². The van der Waals surface area contributed by atoms with Crippen LogP contribution in [-0.4, -0.2) is 70.1 Å². The van der Waals surface area contributed by atoms with Crippen molar-refractivity contribution in [3.8, 4) is 0 Å². The van der Waals surface area contributed by atoms with Gasteiger partial charge < -0.3 is 24.4 Å². The number of fused-ring (bicyclic) bond motifs is 1. The molecule has 0 unspecified atom stereocenters. The van der Waals surface area contributed by atoms with Crippen LogP contribution in [0.1, 0.15) is 34.6 Å². The van der Waals surface area contributed by atoms with Gasteiger partial charge in [-0.25, -0.2) is 4.79 Å². The highest BCUT2D eigenvalue weighted by molar-refractivity contribution is 5.69. The number of aliphatic hydroxyl groups excluding tert-OH is 2. The second-order valence-electron chi connectivity index (χ2n) is 7.01. The average Bonchev–Trinajstić information content (AvgIpc) is 2.62. The van der Waals surface area contributed by atoms with Crippen LogP contribution in [0.15, 0.2) is 0 Å². The highest BCUT2D eigenvalue weighted by Gasteiger charge is 2.54. The number of rotatable bonds is 1. The number of carbonyl (C=O) groups excluding carboxylic acids is 1. The lowest BCUT2D eigenvalue weighted by Gasteiger charge is -2.42. The molecule has 0 aliphatic carbocycles. The third kappa shape index (κ3) is 3.48. The summed E-state index contributed by atoms with van der Waals surface area (Å²) in [5.41, 5.74) is -0.648. The maximum absolute atomic E-state index is 12.3. The molecule has 2 heterocycles. The second kappa shape index (κ2) is 5.39. The molecule has 122 valence electrons. The maximum atomic E-state index is 12.3. The minimum atomic E-state index is -0.882. The van der Waals surface area contributed by atoms with E-state index in [0.717, 1.165) is 0 Å². The quantitative estimate of drug-likeness (QED) is 0.732. The third-order valence-corrected chi connectivity index (χ3v) is 3.52. The smallest absolute Gasteiger partial charge is 0.410 e. The lowest BCUT2D eigenvalue weighted by Crippen LogP contribution is -2.63. The predicted octanol–water partition coefficient (Wildman–Crippen LogP) is 0.479. The normalized spacial score (nSPS) is 35.5. The summed E-state index contributed by atoms with van der Waals surface area (Å²) in [5, 5.41) is 19.9. The number of carbonyl (C=O) groups is 1. The SMILES string of the molecule is CC(C)(C)OC(=O)N1C[C@H](O)[C@H]2OC(C)(C)O[C@@H]2[C@@H]1CO. The van der Waals surface area contributed by atoms with Crippen molar-refractivity contribution in [3.63, 3.8) is 0 Å². The first-order valence-electron chi connectivity index (χ1n) is 7.18. The average molecular weight is 303 g/mol. The highest BCUT2D eigenvalue weighted by atomic mass is 16.8. The lowest BCUT2D eigenvalue weighted by atomic mass is 9.95. The van der Waals surface area contributed by atoms with Crippen molar-refractivity contribution in [2.24, 2.45) is 0 Å². The van der Waals surface area contributed by atoms with Gasteiger partial charge in [-0.05, 0) is 34.6 Å². The van der Waals surface area contributed by atoms with E-state index in [1.807, 2.05) is 0 Å². The summed E-state index contributed by atoms with van der Waals surface area (Å²) < 4.78 is 16.7. The molecule has 4 atom stereocenters. The first kappa shape index (κ1) is 16.5. The molecule has 2 saturated heterocycles. The Bertz CT molecular complexity index is 405. The van der Waals surface area contributed by atoms with Crippen molar-refractivity contribution in [2.75, 3.05) is 13.2 Å². The van der Waals surface area contributed by atoms with Gasteiger partial charge in [0.2, 0.25) is 0 Å². The number of ether oxygens (including phenoxy) is 3. The zero-order chi connectivity index (χ0) is 16.0. The Morgan fingerprint density at radius 3 is 2.43 bits per heavy atom. The molecule has 0 saturated carbocycles. The minimum Gasteiger partial charge on any atom is -0.444 e. The van der Waals surface area contributed by atoms with E-state index in [2.05, 4.69) is 0 Å². The Morgan fingerprint density at radius 2 is 1.90 bits per heavy atom. The van der Waals surface area contributed by atoms with E-state index < -0.39 is 41.8 Å². The van der Waals surface area contributed by atoms with Gasteiger partial charge in [0.25, 0.3) is 0 Å². The first-order valence-corrected chi connectivity index (χ1v) is 7.18. The molecule has 1 amide bonds. The van der Waals surface area contributed by atoms with Crippen LogP contribution in [0.4, 0.5) is 4.79 Å². The monoisotopic (exact) mass is 303 g/mol. The van der Waals surface area contributed by atoms with Gasteiger partial charge in [-0.15, -0.1) is 0 Å². The summed E-state index contributed by atoms with van der Waals surface area (Å²) in [5.74, 6) is -0.853. The van der Waals surface area contributed by atoms with Gasteiger partial charge in [-0.1, -0.05) is 0 Å². The number of amides is 1. The number of nitrogens with zero attached hydrogens (tertiary/aromatic N) is 1. The second-order valence-corrected chi connectivity index (χ2v) is 7.01. The minimum absolute atomic E-state index is 0.0424. The molecule has 0 aromatic heterocycles. The van der Waals surface area contributed by atoms with E-state index in [9.17, 15) is 15.0 Å². The zero-order valence-corrected chi connectivity index (χ0v) is 13.2. The summed E-state index contributed by atoms with van der Waals surface area (Å²) >= 11 is 0. The van der Waals surface area contributed by atoms with Crippen molar-refractivity contribution >= 4 is 6.09 Å². The number of likely N-dealkylation sites (tertiary alicyclic amines) is 1. The van der Waals surface area contributed by atoms with Crippen molar-refractivity contribution in [1.82, 2.24) is 4.90 Å². The summed E-state index contributed by atoms with van der Waals surface area (Å²) in [4.78, 5) is 13.6. The van der Waals surface area contributed by atoms with Gasteiger partial charge in [-0.2, -0.15) is 0 Å². The molecule has 0 aromatic carbocycles. The van der Waals surface area contributed by atoms with Crippen LogP contribution in [0.5, 0.6) is 0 Å². The van der Waals surface area contributed by atoms with Gasteiger partial charge in [-0.3, -0.25) is 4.90 Å². The van der Waals surface area contributed by atoms with Gasteiger partial charge in [0.15, 0.2) is 5.79 Å². The zero-order valence-electron chi connectivity index (χ0n) is 13.2. The molecule has 0 aromatic rings. The number of piperidine rings is 1. The summed E-state index contributed by atoms with van der Waals surface area (Å²) in [6.45, 7) is 8.53. The first-order chi connectivity index (χ1) is 9.54. The van der Waals surface area contributed by atoms with E-state index >= 15 is 0 Å². The fourth-order valence-corrected chi connectivity index (χ4v) is 2.76. The van der Waals surface area contributed by atoms with Crippen LogP contribution >= 0.6 is 0 Å². The summed E-state index contributed by atoms with van der Waals surface area (Å²) in [7, 11) is 0. The molecule has 2 rings (SSSR count). The molecular weight excluding hydrogens is 278 g/mol. The van der Waals surface area contributed by atoms with Crippen LogP contribution in [-0.2, 0) is 14.2 Å². The molecule has 0 bridgehead atoms. The molecule has 2 aliphatic heterocycles. The Kier molecular flexibility index (Phi) is 4.23. The molecule has 0 spiro atoms. The Hall–Kier alpha value is -0.890. The van der Waals surface area contributed by atoms with Crippen molar-refractivity contribution < 1.29 is 29.2 Å². The molecule has 7 nitrogen and oxygen atoms in total. The van der Waals surface area contributed by atoms with Crippen molar-refractivity contribution in [1.29, 1.82) is 0 Å². The Labute approximate surface area is 124 Å². The van der Waals surface area contributed by atoms with Gasteiger partial charge >= 0.3 is 6.09 Å². The molecule has 21 heavy (non-hydrogen) atoms.